The van der Waals surface area contributed by atoms with Gasteiger partial charge in [-0.05, 0) is 63.5 Å². The highest BCUT2D eigenvalue weighted by atomic mass is 32.2. The van der Waals surface area contributed by atoms with E-state index in [0.717, 1.165) is 52.1 Å². The minimum absolute atomic E-state index is 0.0281. The number of nitrogens with one attached hydrogen (secondary N) is 1. The molecule has 5 heterocycles. The Bertz CT molecular complexity index is 1820. The van der Waals surface area contributed by atoms with Crippen LogP contribution in [-0.4, -0.2) is 68.4 Å². The molecule has 0 fully saturated rings. The van der Waals surface area contributed by atoms with E-state index in [2.05, 4.69) is 36.9 Å². The minimum Gasteiger partial charge on any atom is -0.598 e. The largest absolute Gasteiger partial charge is 0.598 e. The zero-order valence-corrected chi connectivity index (χ0v) is 26.5. The van der Waals surface area contributed by atoms with E-state index >= 15 is 0 Å². The van der Waals surface area contributed by atoms with Gasteiger partial charge in [-0.15, -0.1) is 4.72 Å². The molecule has 1 unspecified atom stereocenters. The number of hydrogen-bond acceptors (Lipinski definition) is 9. The molecule has 2 atom stereocenters. The molecule has 0 saturated carbocycles. The summed E-state index contributed by atoms with van der Waals surface area (Å²) < 4.78 is 33.2. The van der Waals surface area contributed by atoms with Crippen LogP contribution >= 0.6 is 0 Å². The number of nitrogens with zero attached hydrogens (tertiary/aromatic N) is 8. The molecule has 0 radical (unpaired) electrons. The van der Waals surface area contributed by atoms with Crippen molar-refractivity contribution in [1.82, 2.24) is 39.1 Å². The van der Waals surface area contributed by atoms with Crippen molar-refractivity contribution in [3.63, 3.8) is 0 Å². The van der Waals surface area contributed by atoms with Crippen LogP contribution in [0.2, 0.25) is 0 Å². The molecule has 0 amide bonds. The second-order valence-electron chi connectivity index (χ2n) is 12.2. The zero-order valence-electron chi connectivity index (χ0n) is 25.7. The Morgan fingerprint density at radius 1 is 0.978 bits per heavy atom. The highest BCUT2D eigenvalue weighted by molar-refractivity contribution is 7.90. The van der Waals surface area contributed by atoms with Crippen molar-refractivity contribution in [3.05, 3.63) is 96.5 Å². The van der Waals surface area contributed by atoms with Crippen LogP contribution in [-0.2, 0) is 23.4 Å². The van der Waals surface area contributed by atoms with Crippen molar-refractivity contribution in [1.29, 1.82) is 0 Å². The summed E-state index contributed by atoms with van der Waals surface area (Å²) in [4.78, 5) is 16.2. The fourth-order valence-corrected chi connectivity index (χ4v) is 6.19. The Hall–Kier alpha value is -4.17. The highest BCUT2D eigenvalue weighted by Gasteiger charge is 2.39. The quantitative estimate of drug-likeness (QED) is 0.231. The number of fused-ring (bicyclic) bond motifs is 1. The molecule has 0 saturated heterocycles. The first kappa shape index (κ1) is 30.8. The van der Waals surface area contributed by atoms with Crippen LogP contribution in [0.25, 0.3) is 22.2 Å². The molecule has 0 bridgehead atoms. The maximum Gasteiger partial charge on any atom is 0.156 e. The lowest BCUT2D eigenvalue weighted by atomic mass is 9.87. The molecule has 0 aliphatic carbocycles. The number of halogens is 1. The summed E-state index contributed by atoms with van der Waals surface area (Å²) in [5, 5.41) is 17.9. The normalized spacial score (nSPS) is 16.1. The summed E-state index contributed by atoms with van der Waals surface area (Å²) >= 11 is -1.41. The molecule has 1 aliphatic heterocycles. The summed E-state index contributed by atoms with van der Waals surface area (Å²) in [6.45, 7) is 9.43. The van der Waals surface area contributed by atoms with Crippen LogP contribution < -0.4 is 9.62 Å². The van der Waals surface area contributed by atoms with Gasteiger partial charge in [0.2, 0.25) is 0 Å². The highest BCUT2D eigenvalue weighted by Crippen LogP contribution is 2.33. The van der Waals surface area contributed by atoms with Gasteiger partial charge in [0.15, 0.2) is 11.6 Å². The maximum absolute atomic E-state index is 13.8. The number of aliphatic hydroxyl groups is 1. The van der Waals surface area contributed by atoms with Crippen LogP contribution in [0, 0.1) is 5.82 Å². The van der Waals surface area contributed by atoms with Gasteiger partial charge in [0, 0.05) is 65.9 Å². The Morgan fingerprint density at radius 2 is 1.73 bits per heavy atom. The van der Waals surface area contributed by atoms with Crippen molar-refractivity contribution >= 4 is 28.3 Å². The molecule has 13 heteroatoms. The monoisotopic (exact) mass is 629 g/mol. The van der Waals surface area contributed by atoms with Gasteiger partial charge in [0.1, 0.15) is 27.9 Å². The summed E-state index contributed by atoms with van der Waals surface area (Å²) in [5.41, 5.74) is 4.41. The standard InChI is InChI=1S/C32H36FN9O2S/c1-31(2,3)45(44)39-32(4,25-5-7-27(33)8-6-25)26-17-34-29(35-18-26)22-9-11-40(12-10-22)30-28-15-23(20-42(28)38-21-36-30)24-16-37-41(19-24)13-14-43/h5-9,15-21,39,43H,10-14H2,1-4H3/t32-,45?/m0/s1. The van der Waals surface area contributed by atoms with Crippen LogP contribution in [0.4, 0.5) is 10.2 Å². The number of benzene rings is 1. The topological polar surface area (TPSA) is 132 Å². The molecule has 5 aromatic rings. The Morgan fingerprint density at radius 3 is 2.40 bits per heavy atom. The molecule has 0 spiro atoms. The van der Waals surface area contributed by atoms with E-state index in [-0.39, 0.29) is 12.4 Å². The predicted molar refractivity (Wildman–Crippen MR) is 172 cm³/mol. The summed E-state index contributed by atoms with van der Waals surface area (Å²) in [6.07, 6.45) is 13.5. The van der Waals surface area contributed by atoms with Gasteiger partial charge >= 0.3 is 0 Å². The fourth-order valence-electron chi connectivity index (χ4n) is 5.28. The van der Waals surface area contributed by atoms with Gasteiger partial charge < -0.3 is 14.6 Å². The molecule has 45 heavy (non-hydrogen) atoms. The molecule has 2 N–H and O–H groups in total. The minimum atomic E-state index is -1.41. The van der Waals surface area contributed by atoms with Crippen molar-refractivity contribution in [2.75, 3.05) is 24.6 Å². The van der Waals surface area contributed by atoms with E-state index in [9.17, 15) is 14.0 Å². The molecule has 1 aliphatic rings. The summed E-state index contributed by atoms with van der Waals surface area (Å²) in [7, 11) is 0. The molecule has 11 nitrogen and oxygen atoms in total. The van der Waals surface area contributed by atoms with Crippen molar-refractivity contribution < 1.29 is 14.0 Å². The van der Waals surface area contributed by atoms with E-state index in [1.54, 1.807) is 41.7 Å². The Kier molecular flexibility index (Phi) is 8.44. The van der Waals surface area contributed by atoms with Gasteiger partial charge in [-0.1, -0.05) is 18.2 Å². The third kappa shape index (κ3) is 6.34. The van der Waals surface area contributed by atoms with Gasteiger partial charge in [0.25, 0.3) is 0 Å². The molecule has 6 rings (SSSR count). The van der Waals surface area contributed by atoms with Crippen LogP contribution in [0.1, 0.15) is 51.1 Å². The van der Waals surface area contributed by atoms with Gasteiger partial charge in [-0.2, -0.15) is 10.2 Å². The Labute approximate surface area is 264 Å². The lowest BCUT2D eigenvalue weighted by molar-refractivity contribution is 0.269. The average molecular weight is 630 g/mol. The van der Waals surface area contributed by atoms with Crippen LogP contribution in [0.15, 0.2) is 73.7 Å². The number of hydrogen-bond donors (Lipinski definition) is 2. The average Bonchev–Trinajstić information content (AvgIpc) is 3.68. The van der Waals surface area contributed by atoms with E-state index in [0.29, 0.717) is 18.9 Å². The first-order valence-corrected chi connectivity index (χ1v) is 15.9. The molecular weight excluding hydrogens is 593 g/mol. The molecule has 1 aromatic carbocycles. The number of rotatable bonds is 9. The second-order valence-corrected chi connectivity index (χ2v) is 14.2. The molecular formula is C32H36FN9O2S. The van der Waals surface area contributed by atoms with E-state index in [1.807, 2.05) is 44.6 Å². The van der Waals surface area contributed by atoms with Gasteiger partial charge in [0.05, 0.1) is 19.3 Å². The SMILES string of the molecule is CC(C)(C)[S+]([O-])N[C@@](C)(c1ccc(F)cc1)c1cnc(C2=CCN(c3ncnn4cc(-c5cnn(CCO)c5)cc34)CC2)nc1. The smallest absolute Gasteiger partial charge is 0.156 e. The number of anilines is 1. The second kappa shape index (κ2) is 12.3. The van der Waals surface area contributed by atoms with Crippen LogP contribution in [0.3, 0.4) is 0 Å². The zero-order chi connectivity index (χ0) is 31.8. The first-order valence-electron chi connectivity index (χ1n) is 14.7. The van der Waals surface area contributed by atoms with Crippen molar-refractivity contribution in [2.45, 2.75) is 50.9 Å². The van der Waals surface area contributed by atoms with E-state index in [4.69, 9.17) is 9.97 Å². The Balaban J connectivity index is 1.22. The summed E-state index contributed by atoms with van der Waals surface area (Å²) in [5.74, 6) is 1.13. The maximum atomic E-state index is 13.8. The van der Waals surface area contributed by atoms with Gasteiger partial charge in [-0.25, -0.2) is 23.9 Å². The predicted octanol–water partition coefficient (Wildman–Crippen LogP) is 4.12. The number of aromatic nitrogens is 7. The third-order valence-electron chi connectivity index (χ3n) is 7.98. The fraction of sp³-hybridized carbons (Fsp3) is 0.344. The van der Waals surface area contributed by atoms with E-state index < -0.39 is 21.6 Å². The third-order valence-corrected chi connectivity index (χ3v) is 9.69. The first-order chi connectivity index (χ1) is 21.5. The van der Waals surface area contributed by atoms with Crippen molar-refractivity contribution in [2.24, 2.45) is 0 Å². The van der Waals surface area contributed by atoms with Crippen LogP contribution in [0.5, 0.6) is 0 Å². The lowest BCUT2D eigenvalue weighted by Gasteiger charge is -2.35. The molecule has 234 valence electrons. The lowest BCUT2D eigenvalue weighted by Crippen LogP contribution is -2.50. The summed E-state index contributed by atoms with van der Waals surface area (Å²) in [6, 6.07) is 8.23. The van der Waals surface area contributed by atoms with Gasteiger partial charge in [-0.3, -0.25) is 4.68 Å². The number of aliphatic hydroxyl groups excluding tert-OH is 1. The molecule has 4 aromatic heterocycles. The van der Waals surface area contributed by atoms with E-state index in [1.165, 1.54) is 12.1 Å². The van der Waals surface area contributed by atoms with Crippen molar-refractivity contribution in [3.8, 4) is 11.1 Å².